The first-order valence-electron chi connectivity index (χ1n) is 5.51. The van der Waals surface area contributed by atoms with Crippen LogP contribution in [-0.4, -0.2) is 11.1 Å². The van der Waals surface area contributed by atoms with Gasteiger partial charge in [0.05, 0.1) is 5.52 Å². The number of aromatic nitrogens is 1. The molecule has 3 heteroatoms. The normalized spacial score (nSPS) is 11.3. The Hall–Kier alpha value is -0.800. The van der Waals surface area contributed by atoms with Crippen LogP contribution in [0.2, 0.25) is 0 Å². The van der Waals surface area contributed by atoms with Gasteiger partial charge in [-0.3, -0.25) is 0 Å². The Labute approximate surface area is 105 Å². The topological polar surface area (TPSA) is 30.9 Å². The number of aryl methyl sites for hydroxylation is 3. The SMILES string of the molecule is Cc1ccc2c(Br)c(CCN)n(C)c2c1C. The van der Waals surface area contributed by atoms with Crippen LogP contribution in [0.15, 0.2) is 16.6 Å². The van der Waals surface area contributed by atoms with Gasteiger partial charge in [-0.15, -0.1) is 0 Å². The second kappa shape index (κ2) is 4.22. The molecule has 2 nitrogen and oxygen atoms in total. The molecule has 0 fully saturated rings. The minimum absolute atomic E-state index is 0.681. The van der Waals surface area contributed by atoms with Gasteiger partial charge in [-0.1, -0.05) is 12.1 Å². The lowest BCUT2D eigenvalue weighted by molar-refractivity contribution is 0.821. The lowest BCUT2D eigenvalue weighted by Gasteiger charge is -2.06. The van der Waals surface area contributed by atoms with Crippen molar-refractivity contribution in [2.24, 2.45) is 12.8 Å². The molecule has 0 aliphatic heterocycles. The first-order valence-corrected chi connectivity index (χ1v) is 6.30. The van der Waals surface area contributed by atoms with Gasteiger partial charge in [0.2, 0.25) is 0 Å². The summed E-state index contributed by atoms with van der Waals surface area (Å²) in [5, 5.41) is 1.29. The van der Waals surface area contributed by atoms with Crippen molar-refractivity contribution in [2.75, 3.05) is 6.54 Å². The van der Waals surface area contributed by atoms with E-state index >= 15 is 0 Å². The van der Waals surface area contributed by atoms with E-state index in [1.807, 2.05) is 0 Å². The molecule has 0 unspecified atom stereocenters. The highest BCUT2D eigenvalue weighted by molar-refractivity contribution is 9.10. The van der Waals surface area contributed by atoms with E-state index in [1.54, 1.807) is 0 Å². The average Bonchev–Trinajstić information content (AvgIpc) is 2.49. The third kappa shape index (κ3) is 1.59. The third-order valence-corrected chi connectivity index (χ3v) is 4.20. The van der Waals surface area contributed by atoms with Gasteiger partial charge in [-0.25, -0.2) is 0 Å². The molecule has 1 heterocycles. The molecule has 86 valence electrons. The van der Waals surface area contributed by atoms with E-state index in [0.29, 0.717) is 6.54 Å². The van der Waals surface area contributed by atoms with Crippen molar-refractivity contribution in [3.63, 3.8) is 0 Å². The second-order valence-corrected chi connectivity index (χ2v) is 5.05. The van der Waals surface area contributed by atoms with Gasteiger partial charge in [0, 0.05) is 29.0 Å². The zero-order valence-electron chi connectivity index (χ0n) is 9.97. The molecular formula is C13H17BrN2. The number of halogens is 1. The summed E-state index contributed by atoms with van der Waals surface area (Å²) in [7, 11) is 2.12. The van der Waals surface area contributed by atoms with Crippen molar-refractivity contribution in [3.8, 4) is 0 Å². The summed E-state index contributed by atoms with van der Waals surface area (Å²) in [6.45, 7) is 5.01. The Bertz CT molecular complexity index is 541. The summed E-state index contributed by atoms with van der Waals surface area (Å²) in [6.07, 6.45) is 0.907. The van der Waals surface area contributed by atoms with Crippen molar-refractivity contribution in [2.45, 2.75) is 20.3 Å². The van der Waals surface area contributed by atoms with E-state index < -0.39 is 0 Å². The lowest BCUT2D eigenvalue weighted by Crippen LogP contribution is -2.07. The molecule has 0 saturated heterocycles. The minimum atomic E-state index is 0.681. The molecule has 0 aliphatic carbocycles. The molecule has 2 rings (SSSR count). The Morgan fingerprint density at radius 2 is 2.00 bits per heavy atom. The van der Waals surface area contributed by atoms with Crippen LogP contribution in [0.25, 0.3) is 10.9 Å². The van der Waals surface area contributed by atoms with E-state index in [2.05, 4.69) is 53.5 Å². The summed E-state index contributed by atoms with van der Waals surface area (Å²) in [5.41, 5.74) is 10.9. The van der Waals surface area contributed by atoms with Crippen molar-refractivity contribution in [1.29, 1.82) is 0 Å². The van der Waals surface area contributed by atoms with Gasteiger partial charge in [0.25, 0.3) is 0 Å². The Balaban J connectivity index is 2.83. The Morgan fingerprint density at radius 1 is 1.31 bits per heavy atom. The van der Waals surface area contributed by atoms with E-state index in [9.17, 15) is 0 Å². The smallest absolute Gasteiger partial charge is 0.0524 e. The molecule has 1 aromatic carbocycles. The number of nitrogens with two attached hydrogens (primary N) is 1. The van der Waals surface area contributed by atoms with Crippen LogP contribution < -0.4 is 5.73 Å². The Kier molecular flexibility index (Phi) is 3.08. The predicted octanol–water partition coefficient (Wildman–Crippen LogP) is 3.06. The van der Waals surface area contributed by atoms with Gasteiger partial charge >= 0.3 is 0 Å². The predicted molar refractivity (Wildman–Crippen MR) is 72.9 cm³/mol. The number of rotatable bonds is 2. The molecule has 2 N–H and O–H groups in total. The number of nitrogens with zero attached hydrogens (tertiary/aromatic N) is 1. The van der Waals surface area contributed by atoms with Crippen LogP contribution in [0, 0.1) is 13.8 Å². The monoisotopic (exact) mass is 280 g/mol. The van der Waals surface area contributed by atoms with E-state index in [0.717, 1.165) is 6.42 Å². The van der Waals surface area contributed by atoms with Gasteiger partial charge in [-0.05, 0) is 47.4 Å². The highest BCUT2D eigenvalue weighted by Gasteiger charge is 2.14. The van der Waals surface area contributed by atoms with E-state index in [1.165, 1.54) is 32.2 Å². The van der Waals surface area contributed by atoms with Crippen molar-refractivity contribution in [3.05, 3.63) is 33.4 Å². The zero-order valence-corrected chi connectivity index (χ0v) is 11.6. The number of benzene rings is 1. The van der Waals surface area contributed by atoms with Crippen LogP contribution in [0.3, 0.4) is 0 Å². The second-order valence-electron chi connectivity index (χ2n) is 4.26. The molecule has 0 amide bonds. The maximum absolute atomic E-state index is 5.65. The molecule has 16 heavy (non-hydrogen) atoms. The molecule has 0 radical (unpaired) electrons. The summed E-state index contributed by atoms with van der Waals surface area (Å²) >= 11 is 3.69. The molecule has 0 bridgehead atoms. The fourth-order valence-corrected chi connectivity index (χ4v) is 3.05. The first-order chi connectivity index (χ1) is 7.57. The standard InChI is InChI=1S/C13H17BrN2/c1-8-4-5-10-12(14)11(6-7-15)16(3)13(10)9(8)2/h4-5H,6-7,15H2,1-3H3. The summed E-state index contributed by atoms with van der Waals surface area (Å²) in [6, 6.07) is 4.36. The summed E-state index contributed by atoms with van der Waals surface area (Å²) in [5.74, 6) is 0. The molecule has 0 aliphatic rings. The highest BCUT2D eigenvalue weighted by Crippen LogP contribution is 2.33. The van der Waals surface area contributed by atoms with Gasteiger partial charge < -0.3 is 10.3 Å². The molecule has 0 spiro atoms. The lowest BCUT2D eigenvalue weighted by atomic mass is 10.1. The molecule has 1 aromatic heterocycles. The summed E-state index contributed by atoms with van der Waals surface area (Å²) in [4.78, 5) is 0. The number of fused-ring (bicyclic) bond motifs is 1. The molecule has 0 saturated carbocycles. The minimum Gasteiger partial charge on any atom is -0.346 e. The molecule has 2 aromatic rings. The zero-order chi connectivity index (χ0) is 11.9. The van der Waals surface area contributed by atoms with Crippen LogP contribution >= 0.6 is 15.9 Å². The van der Waals surface area contributed by atoms with Crippen molar-refractivity contribution >= 4 is 26.8 Å². The number of hydrogen-bond acceptors (Lipinski definition) is 1. The molecular weight excluding hydrogens is 264 g/mol. The average molecular weight is 281 g/mol. The number of hydrogen-bond donors (Lipinski definition) is 1. The van der Waals surface area contributed by atoms with Gasteiger partial charge in [0.15, 0.2) is 0 Å². The first kappa shape index (κ1) is 11.7. The van der Waals surface area contributed by atoms with Crippen LogP contribution in [0.1, 0.15) is 16.8 Å². The highest BCUT2D eigenvalue weighted by atomic mass is 79.9. The van der Waals surface area contributed by atoms with Gasteiger partial charge in [-0.2, -0.15) is 0 Å². The maximum Gasteiger partial charge on any atom is 0.0524 e. The third-order valence-electron chi connectivity index (χ3n) is 3.31. The largest absolute Gasteiger partial charge is 0.346 e. The van der Waals surface area contributed by atoms with Gasteiger partial charge in [0.1, 0.15) is 0 Å². The van der Waals surface area contributed by atoms with Crippen LogP contribution in [0.4, 0.5) is 0 Å². The van der Waals surface area contributed by atoms with Crippen molar-refractivity contribution in [1.82, 2.24) is 4.57 Å². The van der Waals surface area contributed by atoms with Crippen molar-refractivity contribution < 1.29 is 0 Å². The van der Waals surface area contributed by atoms with E-state index in [-0.39, 0.29) is 0 Å². The fraction of sp³-hybridized carbons (Fsp3) is 0.385. The van der Waals surface area contributed by atoms with Crippen LogP contribution in [0.5, 0.6) is 0 Å². The van der Waals surface area contributed by atoms with E-state index in [4.69, 9.17) is 5.73 Å². The molecule has 0 atom stereocenters. The quantitative estimate of drug-likeness (QED) is 0.901. The van der Waals surface area contributed by atoms with Crippen LogP contribution in [-0.2, 0) is 13.5 Å². The maximum atomic E-state index is 5.65. The summed E-state index contributed by atoms with van der Waals surface area (Å²) < 4.78 is 3.45. The fourth-order valence-electron chi connectivity index (χ4n) is 2.26. The Morgan fingerprint density at radius 3 is 2.62 bits per heavy atom.